The second kappa shape index (κ2) is 7.00. The summed E-state index contributed by atoms with van der Waals surface area (Å²) in [6, 6.07) is 24.4. The minimum Gasteiger partial charge on any atom is -0.480 e. The summed E-state index contributed by atoms with van der Waals surface area (Å²) < 4.78 is 8.53. The zero-order chi connectivity index (χ0) is 20.9. The molecule has 152 valence electrons. The molecule has 0 fully saturated rings. The van der Waals surface area contributed by atoms with E-state index in [9.17, 15) is 0 Å². The number of rotatable bonds is 2. The Hall–Kier alpha value is -3.57. The average molecular weight is 427 g/mol. The third kappa shape index (κ3) is 2.93. The first-order chi connectivity index (χ1) is 15.2. The standard InChI is InChI=1S/C25H19ClN4O/c1-15-6-8-16(9-7-15)23-21-22(29-25-27-14-28-30(23)25)19-4-2-3-5-20(19)31-24(21)17-10-12-18(26)13-11-17/h2-14,23-24H,1H3,(H,27,28,29). The number of aromatic nitrogens is 3. The van der Waals surface area contributed by atoms with Crippen LogP contribution in [0.3, 0.4) is 0 Å². The molecule has 31 heavy (non-hydrogen) atoms. The lowest BCUT2D eigenvalue weighted by Gasteiger charge is -2.39. The fraction of sp³-hybridized carbons (Fsp3) is 0.120. The summed E-state index contributed by atoms with van der Waals surface area (Å²) >= 11 is 6.17. The summed E-state index contributed by atoms with van der Waals surface area (Å²) in [5, 5.41) is 8.78. The van der Waals surface area contributed by atoms with Crippen LogP contribution in [0.5, 0.6) is 5.75 Å². The maximum atomic E-state index is 6.59. The summed E-state index contributed by atoms with van der Waals surface area (Å²) in [4.78, 5) is 4.47. The molecule has 0 aliphatic carbocycles. The molecule has 2 aliphatic heterocycles. The zero-order valence-corrected chi connectivity index (χ0v) is 17.5. The van der Waals surface area contributed by atoms with Gasteiger partial charge in [0.15, 0.2) is 0 Å². The van der Waals surface area contributed by atoms with E-state index in [-0.39, 0.29) is 12.1 Å². The Morgan fingerprint density at radius 2 is 1.68 bits per heavy atom. The number of nitrogens with zero attached hydrogens (tertiary/aromatic N) is 3. The Labute approximate surface area is 185 Å². The van der Waals surface area contributed by atoms with Gasteiger partial charge in [0.1, 0.15) is 24.2 Å². The van der Waals surface area contributed by atoms with E-state index in [4.69, 9.17) is 16.3 Å². The van der Waals surface area contributed by atoms with Gasteiger partial charge in [-0.05, 0) is 42.3 Å². The van der Waals surface area contributed by atoms with Gasteiger partial charge in [-0.1, -0.05) is 65.7 Å². The number of anilines is 1. The second-order valence-corrected chi connectivity index (χ2v) is 8.28. The highest BCUT2D eigenvalue weighted by molar-refractivity contribution is 6.30. The Bertz CT molecular complexity index is 1310. The highest BCUT2D eigenvalue weighted by atomic mass is 35.5. The minimum absolute atomic E-state index is 0.150. The number of ether oxygens (including phenoxy) is 1. The van der Waals surface area contributed by atoms with Gasteiger partial charge in [-0.25, -0.2) is 4.68 Å². The number of benzene rings is 3. The molecule has 1 aromatic heterocycles. The van der Waals surface area contributed by atoms with Gasteiger partial charge in [0.2, 0.25) is 5.95 Å². The van der Waals surface area contributed by atoms with Gasteiger partial charge >= 0.3 is 0 Å². The molecule has 4 aromatic rings. The fourth-order valence-corrected chi connectivity index (χ4v) is 4.53. The van der Waals surface area contributed by atoms with Crippen LogP contribution in [0.25, 0.3) is 5.70 Å². The molecular weight excluding hydrogens is 408 g/mol. The first-order valence-corrected chi connectivity index (χ1v) is 10.6. The zero-order valence-electron chi connectivity index (χ0n) is 16.8. The largest absolute Gasteiger partial charge is 0.480 e. The summed E-state index contributed by atoms with van der Waals surface area (Å²) in [6.07, 6.45) is 1.30. The molecule has 0 saturated heterocycles. The van der Waals surface area contributed by atoms with Gasteiger partial charge in [-0.3, -0.25) is 0 Å². The van der Waals surface area contributed by atoms with Crippen LogP contribution in [0, 0.1) is 6.92 Å². The first kappa shape index (κ1) is 18.2. The summed E-state index contributed by atoms with van der Waals surface area (Å²) in [6.45, 7) is 2.09. The fourth-order valence-electron chi connectivity index (χ4n) is 4.40. The van der Waals surface area contributed by atoms with Gasteiger partial charge in [0.05, 0.1) is 5.70 Å². The van der Waals surface area contributed by atoms with Crippen LogP contribution in [-0.2, 0) is 0 Å². The third-order valence-electron chi connectivity index (χ3n) is 5.89. The topological polar surface area (TPSA) is 52.0 Å². The monoisotopic (exact) mass is 426 g/mol. The Balaban J connectivity index is 1.62. The predicted molar refractivity (Wildman–Crippen MR) is 121 cm³/mol. The van der Waals surface area contributed by atoms with Gasteiger partial charge < -0.3 is 10.1 Å². The molecule has 0 saturated carbocycles. The van der Waals surface area contributed by atoms with Crippen LogP contribution in [0.2, 0.25) is 5.02 Å². The molecule has 0 radical (unpaired) electrons. The van der Waals surface area contributed by atoms with E-state index in [1.165, 1.54) is 5.56 Å². The highest BCUT2D eigenvalue weighted by Gasteiger charge is 2.40. The maximum absolute atomic E-state index is 6.59. The van der Waals surface area contributed by atoms with Crippen LogP contribution >= 0.6 is 11.6 Å². The normalized spacial score (nSPS) is 19.0. The van der Waals surface area contributed by atoms with Crippen LogP contribution in [-0.4, -0.2) is 14.8 Å². The summed E-state index contributed by atoms with van der Waals surface area (Å²) in [5.74, 6) is 1.56. The number of hydrogen-bond acceptors (Lipinski definition) is 4. The van der Waals surface area contributed by atoms with Crippen LogP contribution in [0.1, 0.15) is 34.4 Å². The molecule has 2 aliphatic rings. The van der Waals surface area contributed by atoms with Crippen molar-refractivity contribution in [2.45, 2.75) is 19.1 Å². The van der Waals surface area contributed by atoms with Gasteiger partial charge in [-0.15, -0.1) is 0 Å². The van der Waals surface area contributed by atoms with E-state index in [1.807, 2.05) is 47.1 Å². The molecule has 6 heteroatoms. The van der Waals surface area contributed by atoms with Crippen molar-refractivity contribution in [3.63, 3.8) is 0 Å². The van der Waals surface area contributed by atoms with Crippen LogP contribution in [0.15, 0.2) is 84.7 Å². The number of fused-ring (bicyclic) bond motifs is 3. The van der Waals surface area contributed by atoms with Crippen molar-refractivity contribution in [3.05, 3.63) is 112 Å². The SMILES string of the molecule is Cc1ccc(C2C3=C(Nc4ncnn42)c2ccccc2OC3c2ccc(Cl)cc2)cc1. The Morgan fingerprint density at radius 3 is 2.48 bits per heavy atom. The van der Waals surface area contributed by atoms with Gasteiger partial charge in [0, 0.05) is 16.2 Å². The quantitative estimate of drug-likeness (QED) is 0.440. The van der Waals surface area contributed by atoms with Crippen molar-refractivity contribution in [2.75, 3.05) is 5.32 Å². The molecule has 1 N–H and O–H groups in total. The number of halogens is 1. The first-order valence-electron chi connectivity index (χ1n) is 10.2. The minimum atomic E-state index is -0.293. The van der Waals surface area contributed by atoms with Crippen molar-refractivity contribution in [1.29, 1.82) is 0 Å². The molecular formula is C25H19ClN4O. The molecule has 2 atom stereocenters. The molecule has 0 amide bonds. The van der Waals surface area contributed by atoms with Crippen molar-refractivity contribution in [2.24, 2.45) is 0 Å². The lowest BCUT2D eigenvalue weighted by molar-refractivity contribution is 0.223. The molecule has 3 heterocycles. The van der Waals surface area contributed by atoms with E-state index in [1.54, 1.807) is 6.33 Å². The lowest BCUT2D eigenvalue weighted by atomic mass is 9.84. The van der Waals surface area contributed by atoms with Crippen LogP contribution in [0.4, 0.5) is 5.95 Å². The molecule has 6 rings (SSSR count). The number of para-hydroxylation sites is 1. The summed E-state index contributed by atoms with van der Waals surface area (Å²) in [5.41, 5.74) is 6.53. The van der Waals surface area contributed by atoms with Gasteiger partial charge in [-0.2, -0.15) is 10.1 Å². The Morgan fingerprint density at radius 1 is 0.935 bits per heavy atom. The van der Waals surface area contributed by atoms with E-state index in [2.05, 4.69) is 52.7 Å². The Kier molecular flexibility index (Phi) is 4.11. The van der Waals surface area contributed by atoms with Crippen molar-refractivity contribution < 1.29 is 4.74 Å². The number of hydrogen-bond donors (Lipinski definition) is 1. The average Bonchev–Trinajstić information content (AvgIpc) is 3.27. The smallest absolute Gasteiger partial charge is 0.226 e. The van der Waals surface area contributed by atoms with E-state index < -0.39 is 0 Å². The van der Waals surface area contributed by atoms with E-state index >= 15 is 0 Å². The molecule has 5 nitrogen and oxygen atoms in total. The molecule has 2 unspecified atom stereocenters. The number of aryl methyl sites for hydroxylation is 1. The molecule has 0 spiro atoms. The highest BCUT2D eigenvalue weighted by Crippen LogP contribution is 2.50. The number of nitrogens with one attached hydrogen (secondary N) is 1. The summed E-state index contributed by atoms with van der Waals surface area (Å²) in [7, 11) is 0. The maximum Gasteiger partial charge on any atom is 0.226 e. The van der Waals surface area contributed by atoms with Gasteiger partial charge in [0.25, 0.3) is 0 Å². The van der Waals surface area contributed by atoms with Crippen molar-refractivity contribution in [1.82, 2.24) is 14.8 Å². The van der Waals surface area contributed by atoms with E-state index in [0.29, 0.717) is 5.02 Å². The molecule has 0 bridgehead atoms. The molecule has 3 aromatic carbocycles. The van der Waals surface area contributed by atoms with Crippen molar-refractivity contribution >= 4 is 23.2 Å². The lowest BCUT2D eigenvalue weighted by Crippen LogP contribution is -2.32. The second-order valence-electron chi connectivity index (χ2n) is 7.84. The van der Waals surface area contributed by atoms with Crippen LogP contribution < -0.4 is 10.1 Å². The van der Waals surface area contributed by atoms with Crippen molar-refractivity contribution in [3.8, 4) is 5.75 Å². The van der Waals surface area contributed by atoms with E-state index in [0.717, 1.165) is 39.7 Å². The third-order valence-corrected chi connectivity index (χ3v) is 6.14. The predicted octanol–water partition coefficient (Wildman–Crippen LogP) is 5.80.